The van der Waals surface area contributed by atoms with Gasteiger partial charge in [0.25, 0.3) is 0 Å². The Morgan fingerprint density at radius 2 is 2.21 bits per heavy atom. The lowest BCUT2D eigenvalue weighted by Crippen LogP contribution is -2.58. The molecule has 0 spiro atoms. The van der Waals surface area contributed by atoms with Crippen LogP contribution in [0.5, 0.6) is 0 Å². The molecule has 0 aromatic carbocycles. The van der Waals surface area contributed by atoms with Gasteiger partial charge in [-0.25, -0.2) is 0 Å². The Morgan fingerprint density at radius 3 is 2.79 bits per heavy atom. The maximum Gasteiger partial charge on any atom is 0.0761 e. The highest BCUT2D eigenvalue weighted by atomic mass is 16.5. The van der Waals surface area contributed by atoms with E-state index in [9.17, 15) is 5.11 Å². The largest absolute Gasteiger partial charge is 0.391 e. The number of ether oxygens (including phenoxy) is 1. The first-order valence-electron chi connectivity index (χ1n) is 7.06. The van der Waals surface area contributed by atoms with E-state index in [2.05, 4.69) is 23.7 Å². The number of aliphatic hydroxyl groups excluding tert-OH is 1. The van der Waals surface area contributed by atoms with Gasteiger partial charge in [-0.05, 0) is 25.0 Å². The Morgan fingerprint density at radius 1 is 1.47 bits per heavy atom. The minimum absolute atomic E-state index is 0.195. The molecule has 106 valence electrons. The monoisotopic (exact) mass is 264 g/mol. The summed E-state index contributed by atoms with van der Waals surface area (Å²) in [4.78, 5) is 6.47. The SMILES string of the molecule is CCC(C)(C(O)Cc1cccnc1)N1CCOCC1. The van der Waals surface area contributed by atoms with E-state index in [1.165, 1.54) is 0 Å². The van der Waals surface area contributed by atoms with Crippen molar-refractivity contribution in [3.8, 4) is 0 Å². The van der Waals surface area contributed by atoms with E-state index in [1.807, 2.05) is 18.3 Å². The highest BCUT2D eigenvalue weighted by Crippen LogP contribution is 2.26. The highest BCUT2D eigenvalue weighted by Gasteiger charge is 2.37. The lowest BCUT2D eigenvalue weighted by Gasteiger charge is -2.46. The summed E-state index contributed by atoms with van der Waals surface area (Å²) in [6.07, 6.45) is 4.78. The molecule has 19 heavy (non-hydrogen) atoms. The fraction of sp³-hybridized carbons (Fsp3) is 0.667. The van der Waals surface area contributed by atoms with E-state index < -0.39 is 0 Å². The second kappa shape index (κ2) is 6.46. The van der Waals surface area contributed by atoms with Gasteiger partial charge in [-0.3, -0.25) is 9.88 Å². The Balaban J connectivity index is 2.06. The van der Waals surface area contributed by atoms with Crippen molar-refractivity contribution in [1.29, 1.82) is 0 Å². The van der Waals surface area contributed by atoms with E-state index in [-0.39, 0.29) is 11.6 Å². The van der Waals surface area contributed by atoms with Crippen LogP contribution in [0.4, 0.5) is 0 Å². The van der Waals surface area contributed by atoms with Crippen LogP contribution < -0.4 is 0 Å². The number of rotatable bonds is 5. The van der Waals surface area contributed by atoms with Crippen LogP contribution in [0.15, 0.2) is 24.5 Å². The minimum atomic E-state index is -0.389. The molecule has 1 N–H and O–H groups in total. The highest BCUT2D eigenvalue weighted by molar-refractivity contribution is 5.11. The van der Waals surface area contributed by atoms with Crippen LogP contribution in [0.25, 0.3) is 0 Å². The van der Waals surface area contributed by atoms with Crippen LogP contribution in [0.2, 0.25) is 0 Å². The van der Waals surface area contributed by atoms with Crippen molar-refractivity contribution in [3.63, 3.8) is 0 Å². The third-order valence-corrected chi connectivity index (χ3v) is 4.32. The van der Waals surface area contributed by atoms with E-state index in [1.54, 1.807) is 6.20 Å². The quantitative estimate of drug-likeness (QED) is 0.875. The number of nitrogens with zero attached hydrogens (tertiary/aromatic N) is 2. The molecule has 1 fully saturated rings. The van der Waals surface area contributed by atoms with Crippen molar-refractivity contribution >= 4 is 0 Å². The molecule has 0 radical (unpaired) electrons. The summed E-state index contributed by atoms with van der Waals surface area (Å²) in [5.41, 5.74) is 0.891. The molecule has 0 saturated carbocycles. The first-order valence-corrected chi connectivity index (χ1v) is 7.06. The van der Waals surface area contributed by atoms with Crippen LogP contribution in [-0.4, -0.2) is 52.9 Å². The zero-order valence-corrected chi connectivity index (χ0v) is 11.9. The molecule has 4 nitrogen and oxygen atoms in total. The average Bonchev–Trinajstić information content (AvgIpc) is 2.48. The lowest BCUT2D eigenvalue weighted by molar-refractivity contribution is -0.0714. The van der Waals surface area contributed by atoms with Gasteiger partial charge in [0, 0.05) is 37.4 Å². The summed E-state index contributed by atoms with van der Waals surface area (Å²) in [5.74, 6) is 0. The molecular formula is C15H24N2O2. The summed E-state index contributed by atoms with van der Waals surface area (Å²) < 4.78 is 5.40. The van der Waals surface area contributed by atoms with Crippen LogP contribution >= 0.6 is 0 Å². The fourth-order valence-corrected chi connectivity index (χ4v) is 2.71. The second-order valence-electron chi connectivity index (χ2n) is 5.39. The number of morpholine rings is 1. The Bertz CT molecular complexity index is 379. The normalized spacial score (nSPS) is 21.8. The smallest absolute Gasteiger partial charge is 0.0761 e. The van der Waals surface area contributed by atoms with E-state index in [4.69, 9.17) is 4.74 Å². The van der Waals surface area contributed by atoms with Crippen molar-refractivity contribution in [2.75, 3.05) is 26.3 Å². The predicted molar refractivity (Wildman–Crippen MR) is 75.0 cm³/mol. The zero-order valence-electron chi connectivity index (χ0n) is 11.9. The topological polar surface area (TPSA) is 45.6 Å². The molecule has 1 aromatic rings. The van der Waals surface area contributed by atoms with Crippen LogP contribution in [0.1, 0.15) is 25.8 Å². The van der Waals surface area contributed by atoms with E-state index in [0.717, 1.165) is 38.3 Å². The van der Waals surface area contributed by atoms with E-state index >= 15 is 0 Å². The number of hydrogen-bond donors (Lipinski definition) is 1. The predicted octanol–water partition coefficient (Wildman–Crippen LogP) is 1.49. The first-order chi connectivity index (χ1) is 9.16. The summed E-state index contributed by atoms with van der Waals surface area (Å²) >= 11 is 0. The van der Waals surface area contributed by atoms with Crippen molar-refractivity contribution in [3.05, 3.63) is 30.1 Å². The number of hydrogen-bond acceptors (Lipinski definition) is 4. The van der Waals surface area contributed by atoms with Gasteiger partial charge < -0.3 is 9.84 Å². The molecule has 0 amide bonds. The van der Waals surface area contributed by atoms with Crippen molar-refractivity contribution in [2.45, 2.75) is 38.3 Å². The Kier molecular flexibility index (Phi) is 4.91. The summed E-state index contributed by atoms with van der Waals surface area (Å²) in [7, 11) is 0. The molecule has 1 aliphatic rings. The van der Waals surface area contributed by atoms with Crippen LogP contribution in [0, 0.1) is 0 Å². The van der Waals surface area contributed by atoms with Gasteiger partial charge in [0.2, 0.25) is 0 Å². The third kappa shape index (κ3) is 3.32. The molecule has 1 aromatic heterocycles. The van der Waals surface area contributed by atoms with Crippen molar-refractivity contribution < 1.29 is 9.84 Å². The van der Waals surface area contributed by atoms with Gasteiger partial charge in [0.15, 0.2) is 0 Å². The fourth-order valence-electron chi connectivity index (χ4n) is 2.71. The van der Waals surface area contributed by atoms with Crippen LogP contribution in [-0.2, 0) is 11.2 Å². The average molecular weight is 264 g/mol. The van der Waals surface area contributed by atoms with Crippen LogP contribution in [0.3, 0.4) is 0 Å². The molecule has 2 atom stereocenters. The van der Waals surface area contributed by atoms with Crippen molar-refractivity contribution in [2.24, 2.45) is 0 Å². The zero-order chi connectivity index (χ0) is 13.7. The molecule has 1 saturated heterocycles. The Hall–Kier alpha value is -0.970. The third-order valence-electron chi connectivity index (χ3n) is 4.32. The number of pyridine rings is 1. The number of aliphatic hydroxyl groups is 1. The molecule has 2 unspecified atom stereocenters. The summed E-state index contributed by atoms with van der Waals surface area (Å²) in [5, 5.41) is 10.7. The number of aromatic nitrogens is 1. The summed E-state index contributed by atoms with van der Waals surface area (Å²) in [6, 6.07) is 3.94. The molecule has 0 bridgehead atoms. The van der Waals surface area contributed by atoms with Gasteiger partial charge in [0.1, 0.15) is 0 Å². The maximum atomic E-state index is 10.7. The van der Waals surface area contributed by atoms with Gasteiger partial charge in [-0.15, -0.1) is 0 Å². The molecule has 2 rings (SSSR count). The van der Waals surface area contributed by atoms with Crippen molar-refractivity contribution in [1.82, 2.24) is 9.88 Å². The maximum absolute atomic E-state index is 10.7. The Labute approximate surface area is 115 Å². The summed E-state index contributed by atoms with van der Waals surface area (Å²) in [6.45, 7) is 7.61. The first kappa shape index (κ1) is 14.4. The minimum Gasteiger partial charge on any atom is -0.391 e. The van der Waals surface area contributed by atoms with Gasteiger partial charge in [-0.2, -0.15) is 0 Å². The molecule has 4 heteroatoms. The van der Waals surface area contributed by atoms with Gasteiger partial charge in [-0.1, -0.05) is 13.0 Å². The molecule has 1 aliphatic heterocycles. The molecule has 0 aliphatic carbocycles. The standard InChI is InChI=1S/C15H24N2O2/c1-3-15(2,17-7-9-19-10-8-17)14(18)11-13-5-4-6-16-12-13/h4-6,12,14,18H,3,7-11H2,1-2H3. The molecule has 2 heterocycles. The lowest BCUT2D eigenvalue weighted by atomic mass is 9.85. The van der Waals surface area contributed by atoms with Gasteiger partial charge in [0.05, 0.1) is 19.3 Å². The molecular weight excluding hydrogens is 240 g/mol. The van der Waals surface area contributed by atoms with Gasteiger partial charge >= 0.3 is 0 Å². The second-order valence-corrected chi connectivity index (χ2v) is 5.39. The van der Waals surface area contributed by atoms with E-state index in [0.29, 0.717) is 6.42 Å².